The van der Waals surface area contributed by atoms with Gasteiger partial charge in [0.1, 0.15) is 5.75 Å². The van der Waals surface area contributed by atoms with Gasteiger partial charge >= 0.3 is 6.01 Å². The van der Waals surface area contributed by atoms with Crippen LogP contribution in [0.4, 0.5) is 6.01 Å². The molecule has 1 aromatic heterocycles. The molecule has 1 heterocycles. The van der Waals surface area contributed by atoms with Gasteiger partial charge in [0.15, 0.2) is 0 Å². The Hall–Kier alpha value is -2.37. The highest BCUT2D eigenvalue weighted by Crippen LogP contribution is 2.12. The van der Waals surface area contributed by atoms with E-state index in [9.17, 15) is 9.90 Å². The molecule has 0 unspecified atom stereocenters. The second-order valence-corrected chi connectivity index (χ2v) is 3.13. The van der Waals surface area contributed by atoms with E-state index < -0.39 is 5.91 Å². The van der Waals surface area contributed by atoms with E-state index in [2.05, 4.69) is 15.5 Å². The molecule has 0 aliphatic heterocycles. The number of carbonyl (C=O) groups excluding carboxylic acids is 1. The van der Waals surface area contributed by atoms with Crippen LogP contribution in [0.15, 0.2) is 28.7 Å². The Morgan fingerprint density at radius 2 is 2.25 bits per heavy atom. The average molecular weight is 219 g/mol. The topological polar surface area (TPSA) is 88.2 Å². The zero-order valence-electron chi connectivity index (χ0n) is 8.47. The molecule has 6 heteroatoms. The number of hydrogen-bond acceptors (Lipinski definition) is 5. The number of rotatable bonds is 2. The SMILES string of the molecule is Cc1nnc(NC(=O)c2cccc(O)c2)o1. The normalized spacial score (nSPS) is 10.1. The van der Waals surface area contributed by atoms with Crippen molar-refractivity contribution in [2.24, 2.45) is 0 Å². The first kappa shape index (κ1) is 10.2. The summed E-state index contributed by atoms with van der Waals surface area (Å²) in [5, 5.41) is 18.8. The van der Waals surface area contributed by atoms with Crippen molar-refractivity contribution >= 4 is 11.9 Å². The van der Waals surface area contributed by atoms with E-state index in [1.165, 1.54) is 12.1 Å². The van der Waals surface area contributed by atoms with E-state index in [1.54, 1.807) is 19.1 Å². The summed E-state index contributed by atoms with van der Waals surface area (Å²) in [6, 6.07) is 6.00. The molecular weight excluding hydrogens is 210 g/mol. The van der Waals surface area contributed by atoms with Crippen molar-refractivity contribution in [3.63, 3.8) is 0 Å². The molecule has 0 atom stereocenters. The number of benzene rings is 1. The molecule has 0 radical (unpaired) electrons. The molecule has 0 spiro atoms. The summed E-state index contributed by atoms with van der Waals surface area (Å²) in [7, 11) is 0. The maximum absolute atomic E-state index is 11.6. The van der Waals surface area contributed by atoms with Crippen molar-refractivity contribution in [3.8, 4) is 5.75 Å². The van der Waals surface area contributed by atoms with Gasteiger partial charge in [0.05, 0.1) is 0 Å². The molecule has 0 bridgehead atoms. The number of amides is 1. The van der Waals surface area contributed by atoms with Gasteiger partial charge in [0.25, 0.3) is 5.91 Å². The van der Waals surface area contributed by atoms with Crippen LogP contribution in [-0.2, 0) is 0 Å². The maximum Gasteiger partial charge on any atom is 0.322 e. The Morgan fingerprint density at radius 1 is 1.44 bits per heavy atom. The van der Waals surface area contributed by atoms with Crippen molar-refractivity contribution in [3.05, 3.63) is 35.7 Å². The minimum absolute atomic E-state index is 0.0226. The van der Waals surface area contributed by atoms with Crippen LogP contribution in [0.3, 0.4) is 0 Å². The van der Waals surface area contributed by atoms with Crippen LogP contribution < -0.4 is 5.32 Å². The van der Waals surface area contributed by atoms with E-state index in [4.69, 9.17) is 4.42 Å². The second-order valence-electron chi connectivity index (χ2n) is 3.13. The predicted molar refractivity (Wildman–Crippen MR) is 55.1 cm³/mol. The molecule has 0 aliphatic carbocycles. The van der Waals surface area contributed by atoms with Crippen LogP contribution >= 0.6 is 0 Å². The van der Waals surface area contributed by atoms with Crippen LogP contribution in [0.1, 0.15) is 16.2 Å². The number of nitrogens with one attached hydrogen (secondary N) is 1. The van der Waals surface area contributed by atoms with Gasteiger partial charge in [-0.25, -0.2) is 0 Å². The molecule has 0 fully saturated rings. The minimum Gasteiger partial charge on any atom is -0.508 e. The van der Waals surface area contributed by atoms with Crippen LogP contribution in [0.25, 0.3) is 0 Å². The Bertz CT molecular complexity index is 522. The van der Waals surface area contributed by atoms with Crippen molar-refractivity contribution in [2.75, 3.05) is 5.32 Å². The number of phenols is 1. The fourth-order valence-electron chi connectivity index (χ4n) is 1.16. The summed E-state index contributed by atoms with van der Waals surface area (Å²) in [6.45, 7) is 1.62. The van der Waals surface area contributed by atoms with Crippen LogP contribution in [-0.4, -0.2) is 21.2 Å². The van der Waals surface area contributed by atoms with E-state index in [0.29, 0.717) is 11.5 Å². The first-order chi connectivity index (χ1) is 7.65. The van der Waals surface area contributed by atoms with Gasteiger partial charge < -0.3 is 9.52 Å². The largest absolute Gasteiger partial charge is 0.508 e. The highest BCUT2D eigenvalue weighted by Gasteiger charge is 2.10. The Balaban J connectivity index is 2.14. The summed E-state index contributed by atoms with van der Waals surface area (Å²) >= 11 is 0. The van der Waals surface area contributed by atoms with E-state index in [1.807, 2.05) is 0 Å². The number of hydrogen-bond donors (Lipinski definition) is 2. The fourth-order valence-corrected chi connectivity index (χ4v) is 1.16. The van der Waals surface area contributed by atoms with E-state index in [0.717, 1.165) is 0 Å². The summed E-state index contributed by atoms with van der Waals surface area (Å²) in [5.74, 6) is -0.0277. The van der Waals surface area contributed by atoms with Crippen LogP contribution in [0, 0.1) is 6.92 Å². The molecule has 16 heavy (non-hydrogen) atoms. The lowest BCUT2D eigenvalue weighted by molar-refractivity contribution is 0.102. The molecule has 0 saturated carbocycles. The Morgan fingerprint density at radius 3 is 2.88 bits per heavy atom. The van der Waals surface area contributed by atoms with Crippen molar-refractivity contribution in [1.82, 2.24) is 10.2 Å². The highest BCUT2D eigenvalue weighted by atomic mass is 16.4. The third-order valence-corrected chi connectivity index (χ3v) is 1.85. The van der Waals surface area contributed by atoms with Crippen molar-refractivity contribution < 1.29 is 14.3 Å². The maximum atomic E-state index is 11.6. The Kier molecular flexibility index (Phi) is 2.55. The fraction of sp³-hybridized carbons (Fsp3) is 0.100. The number of phenolic OH excluding ortho intramolecular Hbond substituents is 1. The summed E-state index contributed by atoms with van der Waals surface area (Å²) in [5.41, 5.74) is 0.316. The zero-order valence-corrected chi connectivity index (χ0v) is 8.47. The van der Waals surface area contributed by atoms with Crippen molar-refractivity contribution in [2.45, 2.75) is 6.92 Å². The number of nitrogens with zero attached hydrogens (tertiary/aromatic N) is 2. The standard InChI is InChI=1S/C10H9N3O3/c1-6-12-13-10(16-6)11-9(15)7-3-2-4-8(14)5-7/h2-5,14H,1H3,(H,11,13,15). The smallest absolute Gasteiger partial charge is 0.322 e. The lowest BCUT2D eigenvalue weighted by Crippen LogP contribution is -2.11. The summed E-state index contributed by atoms with van der Waals surface area (Å²) in [6.07, 6.45) is 0. The quantitative estimate of drug-likeness (QED) is 0.795. The molecule has 1 amide bonds. The molecule has 82 valence electrons. The van der Waals surface area contributed by atoms with E-state index >= 15 is 0 Å². The molecule has 0 saturated heterocycles. The van der Waals surface area contributed by atoms with E-state index in [-0.39, 0.29) is 11.8 Å². The number of aromatic nitrogens is 2. The predicted octanol–water partition coefficient (Wildman–Crippen LogP) is 1.34. The zero-order chi connectivity index (χ0) is 11.5. The average Bonchev–Trinajstić information content (AvgIpc) is 2.64. The lowest BCUT2D eigenvalue weighted by Gasteiger charge is -2.00. The van der Waals surface area contributed by atoms with Gasteiger partial charge in [-0.05, 0) is 18.2 Å². The van der Waals surface area contributed by atoms with Gasteiger partial charge in [-0.2, -0.15) is 0 Å². The summed E-state index contributed by atoms with van der Waals surface area (Å²) in [4.78, 5) is 11.6. The third kappa shape index (κ3) is 2.17. The first-order valence-corrected chi connectivity index (χ1v) is 4.55. The highest BCUT2D eigenvalue weighted by molar-refractivity contribution is 6.03. The molecular formula is C10H9N3O3. The van der Waals surface area contributed by atoms with Gasteiger partial charge in [0, 0.05) is 12.5 Å². The number of carbonyl (C=O) groups is 1. The second kappa shape index (κ2) is 4.01. The lowest BCUT2D eigenvalue weighted by atomic mass is 10.2. The molecule has 6 nitrogen and oxygen atoms in total. The minimum atomic E-state index is -0.417. The molecule has 2 rings (SSSR count). The number of aryl methyl sites for hydroxylation is 1. The van der Waals surface area contributed by atoms with Gasteiger partial charge in [-0.1, -0.05) is 11.2 Å². The number of anilines is 1. The Labute approximate surface area is 90.9 Å². The molecule has 2 aromatic rings. The van der Waals surface area contributed by atoms with Crippen LogP contribution in [0.5, 0.6) is 5.75 Å². The third-order valence-electron chi connectivity index (χ3n) is 1.85. The molecule has 1 aromatic carbocycles. The van der Waals surface area contributed by atoms with Gasteiger partial charge in [-0.15, -0.1) is 5.10 Å². The molecule has 2 N–H and O–H groups in total. The first-order valence-electron chi connectivity index (χ1n) is 4.55. The number of aromatic hydroxyl groups is 1. The van der Waals surface area contributed by atoms with Gasteiger partial charge in [0.2, 0.25) is 5.89 Å². The van der Waals surface area contributed by atoms with Crippen molar-refractivity contribution in [1.29, 1.82) is 0 Å². The van der Waals surface area contributed by atoms with Gasteiger partial charge in [-0.3, -0.25) is 10.1 Å². The molecule has 0 aliphatic rings. The van der Waals surface area contributed by atoms with Crippen LogP contribution in [0.2, 0.25) is 0 Å². The summed E-state index contributed by atoms with van der Waals surface area (Å²) < 4.78 is 4.99. The monoisotopic (exact) mass is 219 g/mol.